The van der Waals surface area contributed by atoms with E-state index in [1.54, 1.807) is 6.07 Å². The number of urea groups is 1. The zero-order chi connectivity index (χ0) is 23.8. The topological polar surface area (TPSA) is 117 Å². The van der Waals surface area contributed by atoms with Crippen LogP contribution in [0.2, 0.25) is 5.02 Å². The highest BCUT2D eigenvalue weighted by Gasteiger charge is 2.33. The first-order valence-electron chi connectivity index (χ1n) is 12.5. The molecule has 5 rings (SSSR count). The fraction of sp³-hybridized carbons (Fsp3) is 0.667. The zero-order valence-corrected chi connectivity index (χ0v) is 20.4. The van der Waals surface area contributed by atoms with Gasteiger partial charge in [-0.25, -0.2) is 4.79 Å². The molecule has 4 heterocycles. The smallest absolute Gasteiger partial charge is 0.320 e. The van der Waals surface area contributed by atoms with Crippen molar-refractivity contribution in [3.8, 4) is 5.75 Å². The summed E-state index contributed by atoms with van der Waals surface area (Å²) in [5.41, 5.74) is 13.7. The van der Waals surface area contributed by atoms with Crippen molar-refractivity contribution in [1.29, 1.82) is 0 Å². The van der Waals surface area contributed by atoms with E-state index in [-0.39, 0.29) is 24.0 Å². The Bertz CT molecular complexity index is 937. The number of likely N-dealkylation sites (tertiary alicyclic amines) is 3. The van der Waals surface area contributed by atoms with Crippen LogP contribution < -0.4 is 21.5 Å². The van der Waals surface area contributed by atoms with Crippen molar-refractivity contribution in [1.82, 2.24) is 20.0 Å². The third-order valence-corrected chi connectivity index (χ3v) is 8.03. The van der Waals surface area contributed by atoms with Gasteiger partial charge in [-0.1, -0.05) is 11.6 Å². The number of nitrogens with one attached hydrogen (secondary N) is 1. The van der Waals surface area contributed by atoms with Crippen LogP contribution in [0.3, 0.4) is 0 Å². The third kappa shape index (κ3) is 4.78. The predicted octanol–water partition coefficient (Wildman–Crippen LogP) is 1.53. The molecule has 0 aromatic heterocycles. The number of benzene rings is 1. The van der Waals surface area contributed by atoms with Crippen LogP contribution in [0.5, 0.6) is 5.75 Å². The summed E-state index contributed by atoms with van der Waals surface area (Å²) in [6, 6.07) is 2.06. The Hall–Kier alpha value is -2.23. The number of nitrogens with two attached hydrogens (primary N) is 2. The molecule has 1 aromatic rings. The van der Waals surface area contributed by atoms with Crippen molar-refractivity contribution in [3.05, 3.63) is 22.2 Å². The summed E-state index contributed by atoms with van der Waals surface area (Å²) in [5.74, 6) is 1.06. The fourth-order valence-electron chi connectivity index (χ4n) is 5.60. The number of hydrogen-bond acceptors (Lipinski definition) is 6. The van der Waals surface area contributed by atoms with Crippen LogP contribution in [-0.4, -0.2) is 91.1 Å². The molecule has 4 aliphatic heterocycles. The molecule has 0 spiro atoms. The summed E-state index contributed by atoms with van der Waals surface area (Å²) >= 11 is 6.26. The lowest BCUT2D eigenvalue weighted by atomic mass is 9.94. The van der Waals surface area contributed by atoms with Crippen LogP contribution in [0.25, 0.3) is 0 Å². The van der Waals surface area contributed by atoms with Crippen molar-refractivity contribution < 1.29 is 14.3 Å². The molecule has 1 aromatic carbocycles. The molecule has 5 N–H and O–H groups in total. The van der Waals surface area contributed by atoms with Crippen molar-refractivity contribution >= 4 is 29.2 Å². The van der Waals surface area contributed by atoms with E-state index in [0.29, 0.717) is 54.1 Å². The molecule has 4 aliphatic rings. The number of anilines is 1. The van der Waals surface area contributed by atoms with E-state index in [9.17, 15) is 9.59 Å². The molecule has 0 unspecified atom stereocenters. The maximum absolute atomic E-state index is 13.0. The first kappa shape index (κ1) is 23.5. The van der Waals surface area contributed by atoms with E-state index < -0.39 is 0 Å². The Morgan fingerprint density at radius 3 is 2.47 bits per heavy atom. The molecule has 3 saturated heterocycles. The second-order valence-electron chi connectivity index (χ2n) is 10.2. The van der Waals surface area contributed by atoms with Gasteiger partial charge in [-0.3, -0.25) is 4.79 Å². The summed E-state index contributed by atoms with van der Waals surface area (Å²) in [4.78, 5) is 31.8. The highest BCUT2D eigenvalue weighted by molar-refractivity contribution is 6.33. The van der Waals surface area contributed by atoms with Crippen LogP contribution >= 0.6 is 11.6 Å². The van der Waals surface area contributed by atoms with Crippen molar-refractivity contribution in [2.45, 2.75) is 44.2 Å². The van der Waals surface area contributed by atoms with Gasteiger partial charge < -0.3 is 36.2 Å². The number of nitrogen functional groups attached to an aromatic ring is 1. The number of ether oxygens (including phenoxy) is 1. The Balaban J connectivity index is 1.06. The molecule has 3 fully saturated rings. The average molecular weight is 491 g/mol. The van der Waals surface area contributed by atoms with Crippen molar-refractivity contribution in [2.75, 3.05) is 58.2 Å². The van der Waals surface area contributed by atoms with Crippen molar-refractivity contribution in [2.24, 2.45) is 11.7 Å². The lowest BCUT2D eigenvalue weighted by Gasteiger charge is -2.43. The SMILES string of the molecule is Nc1c(Cl)cc(C(=O)NC2CCN(CC3CCN(C(=O)N4CC(N)C4)CC3)CC2)c2c1CCO2. The van der Waals surface area contributed by atoms with E-state index in [2.05, 4.69) is 10.2 Å². The molecule has 0 atom stereocenters. The van der Waals surface area contributed by atoms with Crippen LogP contribution in [0, 0.1) is 5.92 Å². The molecule has 10 heteroatoms. The number of carbonyl (C=O) groups excluding carboxylic acids is 2. The molecule has 3 amide bonds. The maximum atomic E-state index is 13.0. The summed E-state index contributed by atoms with van der Waals surface area (Å²) < 4.78 is 5.69. The number of carbonyl (C=O) groups is 2. The van der Waals surface area contributed by atoms with Gasteiger partial charge in [0.2, 0.25) is 0 Å². The molecule has 186 valence electrons. The minimum Gasteiger partial charge on any atom is -0.492 e. The molecular formula is C24H35ClN6O3. The first-order valence-corrected chi connectivity index (χ1v) is 12.8. The maximum Gasteiger partial charge on any atom is 0.320 e. The van der Waals surface area contributed by atoms with Crippen LogP contribution in [-0.2, 0) is 6.42 Å². The van der Waals surface area contributed by atoms with Crippen LogP contribution in [0.4, 0.5) is 10.5 Å². The lowest BCUT2D eigenvalue weighted by Crippen LogP contribution is -2.61. The standard InChI is InChI=1S/C24H35ClN6O3/c25-20-11-19(22-18(21(20)27)5-10-34-22)23(32)28-17-3-6-29(7-4-17)12-15-1-8-30(9-2-15)24(33)31-13-16(26)14-31/h11,15-17H,1-10,12-14,26-27H2,(H,28,32). The summed E-state index contributed by atoms with van der Waals surface area (Å²) in [7, 11) is 0. The monoisotopic (exact) mass is 490 g/mol. The van der Waals surface area contributed by atoms with Gasteiger partial charge in [0.25, 0.3) is 5.91 Å². The van der Waals surface area contributed by atoms with Gasteiger partial charge in [-0.15, -0.1) is 0 Å². The van der Waals surface area contributed by atoms with Gasteiger partial charge in [0.15, 0.2) is 0 Å². The number of hydrogen-bond donors (Lipinski definition) is 3. The molecule has 9 nitrogen and oxygen atoms in total. The molecule has 0 aliphatic carbocycles. The van der Waals surface area contributed by atoms with E-state index in [1.807, 2.05) is 9.80 Å². The van der Waals surface area contributed by atoms with E-state index in [4.69, 9.17) is 27.8 Å². The highest BCUT2D eigenvalue weighted by Crippen LogP contribution is 2.38. The van der Waals surface area contributed by atoms with Gasteiger partial charge in [-0.05, 0) is 37.7 Å². The summed E-state index contributed by atoms with van der Waals surface area (Å²) in [6.45, 7) is 6.55. The average Bonchev–Trinajstić information content (AvgIpc) is 3.31. The van der Waals surface area contributed by atoms with E-state index >= 15 is 0 Å². The minimum absolute atomic E-state index is 0.138. The Morgan fingerprint density at radius 1 is 1.09 bits per heavy atom. The second kappa shape index (κ2) is 9.79. The summed E-state index contributed by atoms with van der Waals surface area (Å²) in [6.07, 6.45) is 4.62. The van der Waals surface area contributed by atoms with Crippen molar-refractivity contribution in [3.63, 3.8) is 0 Å². The predicted molar refractivity (Wildman–Crippen MR) is 131 cm³/mol. The number of rotatable bonds is 4. The molecule has 0 saturated carbocycles. The minimum atomic E-state index is -0.140. The largest absolute Gasteiger partial charge is 0.492 e. The number of nitrogens with zero attached hydrogens (tertiary/aromatic N) is 3. The van der Waals surface area contributed by atoms with Crippen LogP contribution in [0.15, 0.2) is 6.07 Å². The molecular weight excluding hydrogens is 456 g/mol. The number of halogens is 1. The second-order valence-corrected chi connectivity index (χ2v) is 10.6. The lowest BCUT2D eigenvalue weighted by molar-refractivity contribution is 0.0850. The van der Waals surface area contributed by atoms with E-state index in [0.717, 1.165) is 64.0 Å². The number of piperidine rings is 2. The number of fused-ring (bicyclic) bond motifs is 1. The molecule has 34 heavy (non-hydrogen) atoms. The van der Waals surface area contributed by atoms with Gasteiger partial charge in [-0.2, -0.15) is 0 Å². The van der Waals surface area contributed by atoms with Crippen LogP contribution in [0.1, 0.15) is 41.6 Å². The summed E-state index contributed by atoms with van der Waals surface area (Å²) in [5, 5.41) is 3.58. The fourth-order valence-corrected chi connectivity index (χ4v) is 5.82. The Kier molecular flexibility index (Phi) is 6.77. The molecule has 0 bridgehead atoms. The Labute approximate surface area is 205 Å². The third-order valence-electron chi connectivity index (χ3n) is 7.72. The first-order chi connectivity index (χ1) is 16.4. The van der Waals surface area contributed by atoms with Gasteiger partial charge in [0.05, 0.1) is 22.9 Å². The quantitative estimate of drug-likeness (QED) is 0.551. The zero-order valence-electron chi connectivity index (χ0n) is 19.6. The van der Waals surface area contributed by atoms with Gasteiger partial charge >= 0.3 is 6.03 Å². The Morgan fingerprint density at radius 2 is 1.79 bits per heavy atom. The van der Waals surface area contributed by atoms with Gasteiger partial charge in [0.1, 0.15) is 5.75 Å². The highest BCUT2D eigenvalue weighted by atomic mass is 35.5. The van der Waals surface area contributed by atoms with E-state index in [1.165, 1.54) is 0 Å². The molecule has 0 radical (unpaired) electrons. The normalized spacial score (nSPS) is 22.3. The van der Waals surface area contributed by atoms with Gasteiger partial charge in [0, 0.05) is 69.9 Å². The number of amides is 3.